The van der Waals surface area contributed by atoms with Crippen LogP contribution in [0.4, 0.5) is 8.78 Å². The molecular weight excluding hydrogens is 550 g/mol. The number of nitrogens with zero attached hydrogens (tertiary/aromatic N) is 4. The minimum atomic E-state index is -0.715. The molecule has 240 valence electrons. The number of amides is 3. The molecule has 1 aromatic rings. The van der Waals surface area contributed by atoms with Crippen LogP contribution in [0.1, 0.15) is 92.1 Å². The van der Waals surface area contributed by atoms with Gasteiger partial charge in [0.1, 0.15) is 17.7 Å². The van der Waals surface area contributed by atoms with Crippen molar-refractivity contribution in [2.45, 2.75) is 110 Å². The average Bonchev–Trinajstić information content (AvgIpc) is 3.54. The first-order chi connectivity index (χ1) is 19.9. The van der Waals surface area contributed by atoms with Crippen molar-refractivity contribution < 1.29 is 23.2 Å². The number of rotatable bonds is 5. The third kappa shape index (κ3) is 7.07. The van der Waals surface area contributed by atoms with Crippen LogP contribution in [0, 0.1) is 28.9 Å². The molecule has 0 bridgehead atoms. The maximum absolute atomic E-state index is 15.2. The van der Waals surface area contributed by atoms with E-state index in [4.69, 9.17) is 0 Å². The van der Waals surface area contributed by atoms with Crippen molar-refractivity contribution in [2.75, 3.05) is 33.7 Å². The van der Waals surface area contributed by atoms with Crippen LogP contribution in [0.25, 0.3) is 0 Å². The van der Waals surface area contributed by atoms with E-state index in [0.29, 0.717) is 31.0 Å². The van der Waals surface area contributed by atoms with E-state index in [-0.39, 0.29) is 41.9 Å². The van der Waals surface area contributed by atoms with Gasteiger partial charge >= 0.3 is 0 Å². The number of hydrogen-bond acceptors (Lipinski definition) is 4. The molecule has 1 saturated carbocycles. The van der Waals surface area contributed by atoms with Crippen LogP contribution in [0.3, 0.4) is 0 Å². The number of carbonyl (C=O) groups is 3. The molecule has 3 amide bonds. The minimum Gasteiger partial charge on any atom is -0.347 e. The molecule has 2 heterocycles. The summed E-state index contributed by atoms with van der Waals surface area (Å²) in [5.41, 5.74) is -0.561. The molecule has 3 aliphatic rings. The molecule has 0 N–H and O–H groups in total. The number of halogens is 2. The van der Waals surface area contributed by atoms with Crippen LogP contribution in [0.2, 0.25) is 0 Å². The van der Waals surface area contributed by atoms with E-state index in [2.05, 4.69) is 32.6 Å². The van der Waals surface area contributed by atoms with Crippen LogP contribution in [0.15, 0.2) is 18.2 Å². The summed E-state index contributed by atoms with van der Waals surface area (Å²) in [5, 5.41) is 0. The highest BCUT2D eigenvalue weighted by atomic mass is 19.1. The maximum atomic E-state index is 15.2. The number of likely N-dealkylation sites (N-methyl/N-ethyl adjacent to an activating group) is 1. The van der Waals surface area contributed by atoms with Crippen LogP contribution >= 0.6 is 0 Å². The number of hydrogen-bond donors (Lipinski definition) is 0. The first kappa shape index (κ1) is 33.3. The van der Waals surface area contributed by atoms with Crippen LogP contribution in [-0.4, -0.2) is 94.7 Å². The lowest BCUT2D eigenvalue weighted by atomic mass is 9.84. The van der Waals surface area contributed by atoms with Crippen molar-refractivity contribution >= 4 is 17.7 Å². The Kier molecular flexibility index (Phi) is 9.65. The Morgan fingerprint density at radius 2 is 1.51 bits per heavy atom. The summed E-state index contributed by atoms with van der Waals surface area (Å²) >= 11 is 0. The molecule has 4 atom stereocenters. The van der Waals surface area contributed by atoms with Gasteiger partial charge in [-0.15, -0.1) is 0 Å². The molecule has 1 aromatic carbocycles. The zero-order valence-corrected chi connectivity index (χ0v) is 27.6. The lowest BCUT2D eigenvalue weighted by molar-refractivity contribution is -0.146. The predicted molar refractivity (Wildman–Crippen MR) is 164 cm³/mol. The van der Waals surface area contributed by atoms with Crippen LogP contribution in [0.5, 0.6) is 0 Å². The monoisotopic (exact) mass is 602 g/mol. The van der Waals surface area contributed by atoms with Gasteiger partial charge in [0.2, 0.25) is 17.7 Å². The van der Waals surface area contributed by atoms with Gasteiger partial charge in [-0.3, -0.25) is 19.3 Å². The predicted octanol–water partition coefficient (Wildman–Crippen LogP) is 5.29. The summed E-state index contributed by atoms with van der Waals surface area (Å²) in [6.07, 6.45) is 4.29. The van der Waals surface area contributed by atoms with Gasteiger partial charge in [0.05, 0.1) is 12.0 Å². The standard InChI is InChI=1S/C34H52F2N4O3/c1-21-10-13-23(14-11-21)40(32(43)33(2,3)4)24-17-29(31(42)37(8)9)39(18-24)30(41)27-20-38(34(5,6)7)19-26(27)25-15-12-22(35)16-28(25)36/h12,15-16,21,23-24,26-27,29H,10-11,13-14,17-20H2,1-9H3/t21?,23?,24-,26-,27+,29-/m0/s1. The van der Waals surface area contributed by atoms with Gasteiger partial charge in [-0.1, -0.05) is 33.8 Å². The topological polar surface area (TPSA) is 64.2 Å². The minimum absolute atomic E-state index is 0.0495. The van der Waals surface area contributed by atoms with Crippen molar-refractivity contribution in [3.05, 3.63) is 35.4 Å². The van der Waals surface area contributed by atoms with Gasteiger partial charge in [-0.25, -0.2) is 8.78 Å². The van der Waals surface area contributed by atoms with E-state index in [1.54, 1.807) is 19.0 Å². The number of carbonyl (C=O) groups excluding carboxylic acids is 3. The van der Waals surface area contributed by atoms with Crippen molar-refractivity contribution in [2.24, 2.45) is 17.3 Å². The third-order valence-electron chi connectivity index (χ3n) is 9.88. The SMILES string of the molecule is CC1CCC(N(C(=O)C(C)(C)C)[C@H]2C[C@@H](C(=O)N(C)C)N(C(=O)[C@@H]3CN(C(C)(C)C)C[C@H]3c3ccc(F)cc3F)C2)CC1. The van der Waals surface area contributed by atoms with E-state index in [1.807, 2.05) is 25.7 Å². The molecular formula is C34H52F2N4O3. The highest BCUT2D eigenvalue weighted by molar-refractivity contribution is 5.90. The Labute approximate surface area is 256 Å². The normalized spacial score (nSPS) is 28.7. The second-order valence-corrected chi connectivity index (χ2v) is 15.5. The molecule has 4 rings (SSSR count). The van der Waals surface area contributed by atoms with Gasteiger partial charge < -0.3 is 14.7 Å². The summed E-state index contributed by atoms with van der Waals surface area (Å²) in [5.74, 6) is -2.14. The van der Waals surface area contributed by atoms with E-state index in [9.17, 15) is 18.8 Å². The van der Waals surface area contributed by atoms with E-state index in [0.717, 1.165) is 31.7 Å². The van der Waals surface area contributed by atoms with Gasteiger partial charge in [0.25, 0.3) is 0 Å². The Balaban J connectivity index is 1.71. The highest BCUT2D eigenvalue weighted by Gasteiger charge is 2.51. The molecule has 0 spiro atoms. The lowest BCUT2D eigenvalue weighted by Gasteiger charge is -2.42. The van der Waals surface area contributed by atoms with Gasteiger partial charge in [0, 0.05) is 62.7 Å². The zero-order valence-electron chi connectivity index (χ0n) is 27.6. The molecule has 3 fully saturated rings. The summed E-state index contributed by atoms with van der Waals surface area (Å²) < 4.78 is 29.0. The first-order valence-electron chi connectivity index (χ1n) is 15.9. The molecule has 2 saturated heterocycles. The maximum Gasteiger partial charge on any atom is 0.244 e. The molecule has 9 heteroatoms. The summed E-state index contributed by atoms with van der Waals surface area (Å²) in [4.78, 5) is 49.6. The molecule has 2 aliphatic heterocycles. The Morgan fingerprint density at radius 1 is 0.884 bits per heavy atom. The lowest BCUT2D eigenvalue weighted by Crippen LogP contribution is -2.53. The second kappa shape index (κ2) is 12.4. The summed E-state index contributed by atoms with van der Waals surface area (Å²) in [6, 6.07) is 2.64. The fourth-order valence-corrected chi connectivity index (χ4v) is 7.26. The van der Waals surface area contributed by atoms with Gasteiger partial charge in [0.15, 0.2) is 0 Å². The largest absolute Gasteiger partial charge is 0.347 e. The van der Waals surface area contributed by atoms with Crippen LogP contribution < -0.4 is 0 Å². The molecule has 0 radical (unpaired) electrons. The van der Waals surface area contributed by atoms with Crippen molar-refractivity contribution in [1.82, 2.24) is 19.6 Å². The molecule has 43 heavy (non-hydrogen) atoms. The van der Waals surface area contributed by atoms with Crippen LogP contribution in [-0.2, 0) is 14.4 Å². The second-order valence-electron chi connectivity index (χ2n) is 15.5. The Bertz CT molecular complexity index is 1200. The molecule has 0 aromatic heterocycles. The van der Waals surface area contributed by atoms with Gasteiger partial charge in [-0.05, 0) is 70.4 Å². The fourth-order valence-electron chi connectivity index (χ4n) is 7.26. The highest BCUT2D eigenvalue weighted by Crippen LogP contribution is 2.41. The summed E-state index contributed by atoms with van der Waals surface area (Å²) in [6.45, 7) is 15.3. The van der Waals surface area contributed by atoms with Crippen molar-refractivity contribution in [3.8, 4) is 0 Å². The Hall–Kier alpha value is -2.55. The quantitative estimate of drug-likeness (QED) is 0.460. The Morgan fingerprint density at radius 3 is 2.05 bits per heavy atom. The number of benzene rings is 1. The number of likely N-dealkylation sites (tertiary alicyclic amines) is 2. The van der Waals surface area contributed by atoms with Crippen molar-refractivity contribution in [3.63, 3.8) is 0 Å². The van der Waals surface area contributed by atoms with Crippen molar-refractivity contribution in [1.29, 1.82) is 0 Å². The van der Waals surface area contributed by atoms with E-state index < -0.39 is 34.9 Å². The third-order valence-corrected chi connectivity index (χ3v) is 9.88. The zero-order chi connectivity index (χ0) is 32.0. The molecule has 1 aliphatic carbocycles. The fraction of sp³-hybridized carbons (Fsp3) is 0.735. The van der Waals surface area contributed by atoms with Gasteiger partial charge in [-0.2, -0.15) is 0 Å². The molecule has 0 unspecified atom stereocenters. The van der Waals surface area contributed by atoms with E-state index >= 15 is 4.39 Å². The average molecular weight is 603 g/mol. The van der Waals surface area contributed by atoms with E-state index in [1.165, 1.54) is 17.0 Å². The first-order valence-corrected chi connectivity index (χ1v) is 15.9. The smallest absolute Gasteiger partial charge is 0.244 e. The molecule has 7 nitrogen and oxygen atoms in total. The summed E-state index contributed by atoms with van der Waals surface area (Å²) in [7, 11) is 3.37.